The summed E-state index contributed by atoms with van der Waals surface area (Å²) in [6.45, 7) is 3.53. The fraction of sp³-hybridized carbons (Fsp3) is 0.300. The number of anilines is 1. The molecule has 2 aromatic rings. The molecule has 170 valence electrons. The van der Waals surface area contributed by atoms with Gasteiger partial charge in [-0.1, -0.05) is 34.8 Å². The zero-order chi connectivity index (χ0) is 23.4. The number of nitrogens with zero attached hydrogens (tertiary/aromatic N) is 3. The van der Waals surface area contributed by atoms with Crippen molar-refractivity contribution in [1.82, 2.24) is 10.2 Å². The molecule has 1 atom stereocenters. The third-order valence-electron chi connectivity index (χ3n) is 4.84. The standard InChI is InChI=1S/C20H19Cl3N4O4S/c1-12(31-18-5-3-13(21)10-15(18)23)19(28)24-20(32)26-8-6-25(7-9-26)16-4-2-14(22)11-17(16)27(29)30/h2-5,10-12H,6-9H2,1H3,(H,24,28,32). The maximum atomic E-state index is 12.5. The van der Waals surface area contributed by atoms with Gasteiger partial charge in [0.15, 0.2) is 11.2 Å². The zero-order valence-corrected chi connectivity index (χ0v) is 20.0. The van der Waals surface area contributed by atoms with Crippen LogP contribution in [-0.2, 0) is 4.79 Å². The average molecular weight is 518 g/mol. The molecule has 0 spiro atoms. The van der Waals surface area contributed by atoms with Crippen LogP contribution in [0.1, 0.15) is 6.92 Å². The normalized spacial score (nSPS) is 14.6. The number of hydrogen-bond donors (Lipinski definition) is 1. The van der Waals surface area contributed by atoms with Crippen LogP contribution in [0.3, 0.4) is 0 Å². The Bertz CT molecular complexity index is 1050. The Labute approximate surface area is 205 Å². The summed E-state index contributed by atoms with van der Waals surface area (Å²) in [6.07, 6.45) is -0.843. The zero-order valence-electron chi connectivity index (χ0n) is 16.9. The van der Waals surface area contributed by atoms with Crippen molar-refractivity contribution in [3.8, 4) is 5.75 Å². The number of nitro groups is 1. The summed E-state index contributed by atoms with van der Waals surface area (Å²) in [5, 5.41) is 15.4. The maximum absolute atomic E-state index is 12.5. The first-order chi connectivity index (χ1) is 15.2. The molecule has 0 aliphatic carbocycles. The molecule has 1 fully saturated rings. The number of ether oxygens (including phenoxy) is 1. The Kier molecular flexibility index (Phi) is 8.00. The topological polar surface area (TPSA) is 88.0 Å². The molecule has 0 saturated carbocycles. The predicted molar refractivity (Wildman–Crippen MR) is 129 cm³/mol. The molecule has 1 saturated heterocycles. The molecule has 12 heteroatoms. The lowest BCUT2D eigenvalue weighted by Gasteiger charge is -2.37. The summed E-state index contributed by atoms with van der Waals surface area (Å²) in [4.78, 5) is 27.1. The molecule has 8 nitrogen and oxygen atoms in total. The van der Waals surface area contributed by atoms with Gasteiger partial charge in [0.1, 0.15) is 11.4 Å². The third kappa shape index (κ3) is 5.92. The molecule has 1 amide bonds. The number of benzene rings is 2. The molecule has 1 unspecified atom stereocenters. The summed E-state index contributed by atoms with van der Waals surface area (Å²) < 4.78 is 5.61. The third-order valence-corrected chi connectivity index (χ3v) is 5.96. The molecule has 0 aromatic heterocycles. The lowest BCUT2D eigenvalue weighted by molar-refractivity contribution is -0.384. The van der Waals surface area contributed by atoms with Crippen molar-refractivity contribution >= 4 is 69.4 Å². The van der Waals surface area contributed by atoms with Crippen molar-refractivity contribution in [3.63, 3.8) is 0 Å². The van der Waals surface area contributed by atoms with Gasteiger partial charge in [-0.3, -0.25) is 20.2 Å². The Morgan fingerprint density at radius 3 is 2.38 bits per heavy atom. The van der Waals surface area contributed by atoms with Gasteiger partial charge in [0.05, 0.1) is 9.95 Å². The molecular formula is C20H19Cl3N4O4S. The average Bonchev–Trinajstić information content (AvgIpc) is 2.75. The van der Waals surface area contributed by atoms with Crippen molar-refractivity contribution in [2.24, 2.45) is 0 Å². The summed E-state index contributed by atoms with van der Waals surface area (Å²) in [7, 11) is 0. The van der Waals surface area contributed by atoms with Crippen LogP contribution in [0.25, 0.3) is 0 Å². The van der Waals surface area contributed by atoms with E-state index in [4.69, 9.17) is 51.8 Å². The van der Waals surface area contributed by atoms with E-state index in [-0.39, 0.29) is 10.8 Å². The second-order valence-corrected chi connectivity index (χ2v) is 8.66. The van der Waals surface area contributed by atoms with E-state index in [0.717, 1.165) is 0 Å². The predicted octanol–water partition coefficient (Wildman–Crippen LogP) is 4.55. The van der Waals surface area contributed by atoms with E-state index < -0.39 is 16.9 Å². The number of nitro benzene ring substituents is 1. The van der Waals surface area contributed by atoms with E-state index in [1.807, 2.05) is 9.80 Å². The SMILES string of the molecule is CC(Oc1ccc(Cl)cc1Cl)C(=O)NC(=S)N1CCN(c2ccc(Cl)cc2[N+](=O)[O-])CC1. The van der Waals surface area contributed by atoms with Crippen molar-refractivity contribution in [2.45, 2.75) is 13.0 Å². The van der Waals surface area contributed by atoms with Gasteiger partial charge in [-0.25, -0.2) is 0 Å². The van der Waals surface area contributed by atoms with Crippen molar-refractivity contribution in [1.29, 1.82) is 0 Å². The number of thiocarbonyl (C=S) groups is 1. The Balaban J connectivity index is 1.55. The number of nitrogens with one attached hydrogen (secondary N) is 1. The van der Waals surface area contributed by atoms with E-state index >= 15 is 0 Å². The highest BCUT2D eigenvalue weighted by Gasteiger charge is 2.26. The minimum Gasteiger partial charge on any atom is -0.479 e. The van der Waals surface area contributed by atoms with Crippen LogP contribution in [-0.4, -0.2) is 53.1 Å². The molecule has 3 rings (SSSR count). The van der Waals surface area contributed by atoms with Gasteiger partial charge in [0.25, 0.3) is 11.6 Å². The summed E-state index contributed by atoms with van der Waals surface area (Å²) in [6, 6.07) is 9.32. The van der Waals surface area contributed by atoms with Crippen LogP contribution in [0.5, 0.6) is 5.75 Å². The van der Waals surface area contributed by atoms with Crippen LogP contribution < -0.4 is 15.0 Å². The molecule has 32 heavy (non-hydrogen) atoms. The molecule has 0 radical (unpaired) electrons. The highest BCUT2D eigenvalue weighted by molar-refractivity contribution is 7.80. The molecule has 2 aromatic carbocycles. The van der Waals surface area contributed by atoms with E-state index in [9.17, 15) is 14.9 Å². The van der Waals surface area contributed by atoms with Crippen LogP contribution in [0.2, 0.25) is 15.1 Å². The fourth-order valence-electron chi connectivity index (χ4n) is 3.16. The lowest BCUT2D eigenvalue weighted by atomic mass is 10.2. The second kappa shape index (κ2) is 10.5. The first kappa shape index (κ1) is 24.3. The number of amides is 1. The highest BCUT2D eigenvalue weighted by atomic mass is 35.5. The van der Waals surface area contributed by atoms with Gasteiger partial charge in [-0.15, -0.1) is 0 Å². The van der Waals surface area contributed by atoms with E-state index in [0.29, 0.717) is 52.7 Å². The number of piperazine rings is 1. The quantitative estimate of drug-likeness (QED) is 0.354. The van der Waals surface area contributed by atoms with Gasteiger partial charge in [-0.05, 0) is 49.5 Å². The summed E-state index contributed by atoms with van der Waals surface area (Å²) >= 11 is 23.2. The van der Waals surface area contributed by atoms with E-state index in [2.05, 4.69) is 5.32 Å². The number of halogens is 3. The van der Waals surface area contributed by atoms with Crippen LogP contribution in [0.4, 0.5) is 11.4 Å². The second-order valence-electron chi connectivity index (χ2n) is 6.99. The molecule has 0 bridgehead atoms. The lowest BCUT2D eigenvalue weighted by Crippen LogP contribution is -2.54. The number of rotatable bonds is 5. The smallest absolute Gasteiger partial charge is 0.294 e. The van der Waals surface area contributed by atoms with Gasteiger partial charge in [-0.2, -0.15) is 0 Å². The molecule has 1 aliphatic heterocycles. The fourth-order valence-corrected chi connectivity index (χ4v) is 4.06. The van der Waals surface area contributed by atoms with Gasteiger partial charge >= 0.3 is 0 Å². The molecule has 1 N–H and O–H groups in total. The van der Waals surface area contributed by atoms with Crippen LogP contribution in [0.15, 0.2) is 36.4 Å². The van der Waals surface area contributed by atoms with Gasteiger partial charge in [0, 0.05) is 42.3 Å². The van der Waals surface area contributed by atoms with Crippen molar-refractivity contribution in [3.05, 3.63) is 61.6 Å². The number of hydrogen-bond acceptors (Lipinski definition) is 6. The number of carbonyl (C=O) groups is 1. The Morgan fingerprint density at radius 2 is 1.75 bits per heavy atom. The first-order valence-electron chi connectivity index (χ1n) is 9.56. The molecule has 1 aliphatic rings. The van der Waals surface area contributed by atoms with Gasteiger partial charge < -0.3 is 14.5 Å². The molecule has 1 heterocycles. The van der Waals surface area contributed by atoms with Crippen molar-refractivity contribution < 1.29 is 14.5 Å². The Hall–Kier alpha value is -2.33. The van der Waals surface area contributed by atoms with E-state index in [1.165, 1.54) is 12.1 Å². The number of carbonyl (C=O) groups excluding carboxylic acids is 1. The van der Waals surface area contributed by atoms with Gasteiger partial charge in [0.2, 0.25) is 0 Å². The highest BCUT2D eigenvalue weighted by Crippen LogP contribution is 2.32. The molecular weight excluding hydrogens is 499 g/mol. The van der Waals surface area contributed by atoms with Crippen LogP contribution >= 0.6 is 47.0 Å². The summed E-state index contributed by atoms with van der Waals surface area (Å²) in [5.74, 6) is -0.0837. The van der Waals surface area contributed by atoms with E-state index in [1.54, 1.807) is 31.2 Å². The van der Waals surface area contributed by atoms with Crippen molar-refractivity contribution in [2.75, 3.05) is 31.1 Å². The monoisotopic (exact) mass is 516 g/mol. The van der Waals surface area contributed by atoms with Crippen LogP contribution in [0, 0.1) is 10.1 Å². The first-order valence-corrected chi connectivity index (χ1v) is 11.1. The summed E-state index contributed by atoms with van der Waals surface area (Å²) in [5.41, 5.74) is 0.449. The minimum absolute atomic E-state index is 0.0475. The maximum Gasteiger partial charge on any atom is 0.294 e. The minimum atomic E-state index is -0.843. The Morgan fingerprint density at radius 1 is 1.12 bits per heavy atom. The largest absolute Gasteiger partial charge is 0.479 e.